The van der Waals surface area contributed by atoms with Crippen LogP contribution in [0.2, 0.25) is 0 Å². The Hall–Kier alpha value is -5.40. The number of esters is 2. The topological polar surface area (TPSA) is 153 Å². The molecule has 1 aliphatic heterocycles. The molecule has 4 aromatic rings. The van der Waals surface area contributed by atoms with Crippen LogP contribution in [0.15, 0.2) is 121 Å². The molecular formula is C43H50N4O8. The molecule has 0 radical (unpaired) electrons. The Bertz CT molecular complexity index is 1700. The van der Waals surface area contributed by atoms with E-state index in [-0.39, 0.29) is 25.9 Å². The number of amides is 2. The zero-order chi connectivity index (χ0) is 39.2. The molecule has 2 amide bonds. The summed E-state index contributed by atoms with van der Waals surface area (Å²) in [5.74, 6) is -3.59. The minimum Gasteiger partial charge on any atom is -0.467 e. The van der Waals surface area contributed by atoms with Gasteiger partial charge in [0.1, 0.15) is 36.4 Å². The molecule has 55 heavy (non-hydrogen) atoms. The van der Waals surface area contributed by atoms with Crippen molar-refractivity contribution in [2.75, 3.05) is 14.2 Å². The Morgan fingerprint density at radius 2 is 0.855 bits per heavy atom. The normalized spacial score (nSPS) is 18.3. The van der Waals surface area contributed by atoms with E-state index < -0.39 is 65.9 Å². The molecule has 0 aromatic heterocycles. The zero-order valence-electron chi connectivity index (χ0n) is 31.6. The lowest BCUT2D eigenvalue weighted by Gasteiger charge is -2.32. The number of carbonyl (C=O) groups is 4. The molecule has 0 aliphatic carbocycles. The second kappa shape index (κ2) is 19.8. The van der Waals surface area contributed by atoms with E-state index in [2.05, 4.69) is 21.3 Å². The molecule has 0 spiro atoms. The summed E-state index contributed by atoms with van der Waals surface area (Å²) in [6.07, 6.45) is -1.78. The van der Waals surface area contributed by atoms with Crippen LogP contribution in [0, 0.1) is 0 Å². The summed E-state index contributed by atoms with van der Waals surface area (Å²) >= 11 is 0. The van der Waals surface area contributed by atoms with Crippen LogP contribution in [0.25, 0.3) is 0 Å². The van der Waals surface area contributed by atoms with Crippen molar-refractivity contribution in [3.63, 3.8) is 0 Å². The van der Waals surface area contributed by atoms with Crippen LogP contribution in [-0.2, 0) is 64.1 Å². The highest BCUT2D eigenvalue weighted by Gasteiger charge is 2.52. The fourth-order valence-electron chi connectivity index (χ4n) is 6.59. The molecule has 1 aliphatic rings. The third-order valence-corrected chi connectivity index (χ3v) is 9.29. The largest absolute Gasteiger partial charge is 0.467 e. The number of hydrogen-bond acceptors (Lipinski definition) is 10. The summed E-state index contributed by atoms with van der Waals surface area (Å²) in [5, 5.41) is 12.5. The Kier molecular flexibility index (Phi) is 14.7. The third kappa shape index (κ3) is 11.8. The van der Waals surface area contributed by atoms with Gasteiger partial charge in [-0.3, -0.25) is 20.2 Å². The lowest BCUT2D eigenvalue weighted by atomic mass is 9.95. The van der Waals surface area contributed by atoms with Crippen molar-refractivity contribution >= 4 is 23.8 Å². The van der Waals surface area contributed by atoms with Gasteiger partial charge in [0.2, 0.25) is 11.8 Å². The number of nitrogens with one attached hydrogen (secondary N) is 4. The van der Waals surface area contributed by atoms with Gasteiger partial charge in [-0.15, -0.1) is 0 Å². The molecule has 2 unspecified atom stereocenters. The lowest BCUT2D eigenvalue weighted by Crippen LogP contribution is -2.63. The van der Waals surface area contributed by atoms with E-state index in [1.54, 1.807) is 13.8 Å². The van der Waals surface area contributed by atoms with E-state index in [1.807, 2.05) is 121 Å². The van der Waals surface area contributed by atoms with Crippen molar-refractivity contribution in [2.45, 2.75) is 81.9 Å². The summed E-state index contributed by atoms with van der Waals surface area (Å²) in [4.78, 5) is 55.1. The third-order valence-electron chi connectivity index (χ3n) is 9.29. The van der Waals surface area contributed by atoms with E-state index in [1.165, 1.54) is 14.2 Å². The molecule has 1 heterocycles. The smallest absolute Gasteiger partial charge is 0.328 e. The molecule has 0 bridgehead atoms. The molecule has 290 valence electrons. The second-order valence-corrected chi connectivity index (χ2v) is 13.8. The molecule has 1 saturated heterocycles. The van der Waals surface area contributed by atoms with Crippen LogP contribution >= 0.6 is 0 Å². The SMILES string of the molecule is COC(=O)[C@H](Cc1ccccc1)NC(=O)C(NCc1ccccc1)[C@H]1OC(C)(C)O[C@H]1C(NCc1ccccc1)C(=O)N[C@@H](Cc1ccccc1)C(=O)OC. The van der Waals surface area contributed by atoms with E-state index in [9.17, 15) is 19.2 Å². The van der Waals surface area contributed by atoms with Gasteiger partial charge in [-0.05, 0) is 36.1 Å². The molecule has 1 fully saturated rings. The predicted molar refractivity (Wildman–Crippen MR) is 206 cm³/mol. The standard InChI is InChI=1S/C43H50N4O8/c1-43(2)54-37(35(44-27-31-21-13-7-14-22-31)39(48)46-33(41(50)52-3)25-29-17-9-5-10-18-29)38(55-43)36(45-28-32-23-15-8-16-24-32)40(49)47-34(42(51)53-4)26-30-19-11-6-12-20-30/h5-24,33-38,44-45H,25-28H2,1-4H3,(H,46,48)(H,47,49)/t33-,34-,35?,36?,37-,38+/m0/s1. The van der Waals surface area contributed by atoms with Crippen molar-refractivity contribution in [3.8, 4) is 0 Å². The maximum atomic E-state index is 14.5. The van der Waals surface area contributed by atoms with Gasteiger partial charge < -0.3 is 29.6 Å². The van der Waals surface area contributed by atoms with Gasteiger partial charge in [-0.2, -0.15) is 0 Å². The highest BCUT2D eigenvalue weighted by molar-refractivity contribution is 5.90. The van der Waals surface area contributed by atoms with Crippen LogP contribution in [0.4, 0.5) is 0 Å². The first kappa shape index (κ1) is 40.8. The van der Waals surface area contributed by atoms with Crippen molar-refractivity contribution in [1.82, 2.24) is 21.3 Å². The Morgan fingerprint density at radius 1 is 0.545 bits per heavy atom. The molecular weight excluding hydrogens is 700 g/mol. The van der Waals surface area contributed by atoms with Crippen LogP contribution in [0.5, 0.6) is 0 Å². The van der Waals surface area contributed by atoms with Crippen LogP contribution in [0.3, 0.4) is 0 Å². The van der Waals surface area contributed by atoms with Gasteiger partial charge in [0.25, 0.3) is 0 Å². The molecule has 6 atom stereocenters. The predicted octanol–water partition coefficient (Wildman–Crippen LogP) is 3.62. The molecule has 0 saturated carbocycles. The zero-order valence-corrected chi connectivity index (χ0v) is 31.6. The van der Waals surface area contributed by atoms with Crippen molar-refractivity contribution in [3.05, 3.63) is 144 Å². The van der Waals surface area contributed by atoms with Gasteiger partial charge >= 0.3 is 11.9 Å². The van der Waals surface area contributed by atoms with Crippen LogP contribution in [-0.4, -0.2) is 80.1 Å². The van der Waals surface area contributed by atoms with E-state index in [4.69, 9.17) is 18.9 Å². The summed E-state index contributed by atoms with van der Waals surface area (Å²) < 4.78 is 23.2. The second-order valence-electron chi connectivity index (χ2n) is 13.8. The average molecular weight is 751 g/mol. The summed E-state index contributed by atoms with van der Waals surface area (Å²) in [5.41, 5.74) is 3.43. The monoisotopic (exact) mass is 750 g/mol. The van der Waals surface area contributed by atoms with Crippen molar-refractivity contribution < 1.29 is 38.1 Å². The maximum Gasteiger partial charge on any atom is 0.328 e. The van der Waals surface area contributed by atoms with Gasteiger partial charge in [0.15, 0.2) is 5.79 Å². The first-order valence-corrected chi connectivity index (χ1v) is 18.3. The minimum atomic E-state index is -1.24. The van der Waals surface area contributed by atoms with E-state index >= 15 is 0 Å². The fraction of sp³-hybridized carbons (Fsp3) is 0.349. The van der Waals surface area contributed by atoms with Gasteiger partial charge in [-0.1, -0.05) is 121 Å². The Balaban J connectivity index is 1.49. The van der Waals surface area contributed by atoms with Crippen LogP contribution < -0.4 is 21.3 Å². The molecule has 12 heteroatoms. The number of carbonyl (C=O) groups excluding carboxylic acids is 4. The van der Waals surface area contributed by atoms with Gasteiger partial charge in [0, 0.05) is 25.9 Å². The minimum absolute atomic E-state index is 0.182. The number of ether oxygens (including phenoxy) is 4. The molecule has 12 nitrogen and oxygen atoms in total. The fourth-order valence-corrected chi connectivity index (χ4v) is 6.59. The molecule has 5 rings (SSSR count). The summed E-state index contributed by atoms with van der Waals surface area (Å²) in [6.45, 7) is 3.92. The van der Waals surface area contributed by atoms with Gasteiger partial charge in [0.05, 0.1) is 14.2 Å². The molecule has 4 N–H and O–H groups in total. The number of benzene rings is 4. The van der Waals surface area contributed by atoms with E-state index in [0.29, 0.717) is 0 Å². The summed E-state index contributed by atoms with van der Waals surface area (Å²) in [6, 6.07) is 33.3. The number of rotatable bonds is 18. The Morgan fingerprint density at radius 3 is 1.16 bits per heavy atom. The Labute approximate surface area is 322 Å². The first-order valence-electron chi connectivity index (χ1n) is 18.3. The highest BCUT2D eigenvalue weighted by Crippen LogP contribution is 2.33. The first-order chi connectivity index (χ1) is 26.6. The molecule has 4 aromatic carbocycles. The highest BCUT2D eigenvalue weighted by atomic mass is 16.8. The van der Waals surface area contributed by atoms with E-state index in [0.717, 1.165) is 22.3 Å². The quantitative estimate of drug-likeness (QED) is 0.111. The maximum absolute atomic E-state index is 14.5. The van der Waals surface area contributed by atoms with Gasteiger partial charge in [-0.25, -0.2) is 9.59 Å². The number of hydrogen-bond donors (Lipinski definition) is 4. The summed E-state index contributed by atoms with van der Waals surface area (Å²) in [7, 11) is 2.54. The van der Waals surface area contributed by atoms with Crippen molar-refractivity contribution in [2.24, 2.45) is 0 Å². The van der Waals surface area contributed by atoms with Crippen LogP contribution in [0.1, 0.15) is 36.1 Å². The number of methoxy groups -OCH3 is 2. The lowest BCUT2D eigenvalue weighted by molar-refractivity contribution is -0.156. The average Bonchev–Trinajstić information content (AvgIpc) is 3.52. The van der Waals surface area contributed by atoms with Crippen molar-refractivity contribution in [1.29, 1.82) is 0 Å².